The highest BCUT2D eigenvalue weighted by Gasteiger charge is 2.05. The molecular weight excluding hydrogens is 234 g/mol. The fraction of sp³-hybridized carbons (Fsp3) is 0.538. The van der Waals surface area contributed by atoms with Crippen molar-refractivity contribution in [1.29, 1.82) is 0 Å². The Balaban J connectivity index is 2.44. The van der Waals surface area contributed by atoms with Gasteiger partial charge in [0.15, 0.2) is 0 Å². The zero-order valence-electron chi connectivity index (χ0n) is 10.9. The highest BCUT2D eigenvalue weighted by Crippen LogP contribution is 2.20. The molecule has 96 valence electrons. The second-order valence-corrected chi connectivity index (χ2v) is 5.15. The molecule has 0 bridgehead atoms. The Morgan fingerprint density at radius 3 is 2.53 bits per heavy atom. The third-order valence-electron chi connectivity index (χ3n) is 2.66. The number of nitrogens with zero attached hydrogens (tertiary/aromatic N) is 2. The van der Waals surface area contributed by atoms with Crippen LogP contribution in [0.3, 0.4) is 0 Å². The highest BCUT2D eigenvalue weighted by molar-refractivity contribution is 6.31. The van der Waals surface area contributed by atoms with Crippen molar-refractivity contribution in [2.24, 2.45) is 0 Å². The Kier molecular flexibility index (Phi) is 5.75. The monoisotopic (exact) mass is 255 g/mol. The number of hydrogen-bond donors (Lipinski definition) is 1. The average Bonchev–Trinajstić information content (AvgIpc) is 2.23. The van der Waals surface area contributed by atoms with E-state index in [9.17, 15) is 0 Å². The summed E-state index contributed by atoms with van der Waals surface area (Å²) in [4.78, 5) is 4.46. The first-order chi connectivity index (χ1) is 7.99. The minimum atomic E-state index is 0.770. The zero-order valence-corrected chi connectivity index (χ0v) is 11.7. The molecule has 0 saturated heterocycles. The second kappa shape index (κ2) is 6.84. The molecule has 0 radical (unpaired) electrons. The van der Waals surface area contributed by atoms with Crippen LogP contribution < -0.4 is 5.73 Å². The molecule has 1 aromatic carbocycles. The van der Waals surface area contributed by atoms with Crippen molar-refractivity contribution in [3.05, 3.63) is 28.8 Å². The van der Waals surface area contributed by atoms with Gasteiger partial charge in [0.05, 0.1) is 0 Å². The SMILES string of the molecule is CN(C)CCCN(C)Cc1cc(N)ccc1Cl. The van der Waals surface area contributed by atoms with E-state index in [0.29, 0.717) is 0 Å². The van der Waals surface area contributed by atoms with Gasteiger partial charge in [-0.25, -0.2) is 0 Å². The third-order valence-corrected chi connectivity index (χ3v) is 3.02. The van der Waals surface area contributed by atoms with Gasteiger partial charge in [0.25, 0.3) is 0 Å². The smallest absolute Gasteiger partial charge is 0.0452 e. The van der Waals surface area contributed by atoms with E-state index in [4.69, 9.17) is 17.3 Å². The number of halogens is 1. The standard InChI is InChI=1S/C13H22ClN3/c1-16(2)7-4-8-17(3)10-11-9-12(15)5-6-13(11)14/h5-6,9H,4,7-8,10,15H2,1-3H3. The molecule has 0 heterocycles. The highest BCUT2D eigenvalue weighted by atomic mass is 35.5. The van der Waals surface area contributed by atoms with Crippen molar-refractivity contribution in [3.63, 3.8) is 0 Å². The first-order valence-electron chi connectivity index (χ1n) is 5.86. The molecule has 0 aliphatic rings. The van der Waals surface area contributed by atoms with Gasteiger partial charge in [-0.3, -0.25) is 0 Å². The largest absolute Gasteiger partial charge is 0.399 e. The molecule has 1 rings (SSSR count). The second-order valence-electron chi connectivity index (χ2n) is 4.75. The lowest BCUT2D eigenvalue weighted by Crippen LogP contribution is -2.23. The molecule has 0 amide bonds. The van der Waals surface area contributed by atoms with Gasteiger partial charge in [-0.2, -0.15) is 0 Å². The van der Waals surface area contributed by atoms with E-state index in [2.05, 4.69) is 30.9 Å². The van der Waals surface area contributed by atoms with E-state index < -0.39 is 0 Å². The molecule has 3 nitrogen and oxygen atoms in total. The summed E-state index contributed by atoms with van der Waals surface area (Å²) < 4.78 is 0. The van der Waals surface area contributed by atoms with Gasteiger partial charge in [0.1, 0.15) is 0 Å². The van der Waals surface area contributed by atoms with Crippen LogP contribution in [0.15, 0.2) is 18.2 Å². The maximum Gasteiger partial charge on any atom is 0.0452 e. The Morgan fingerprint density at radius 1 is 1.18 bits per heavy atom. The van der Waals surface area contributed by atoms with E-state index in [1.54, 1.807) is 0 Å². The normalized spacial score (nSPS) is 11.4. The topological polar surface area (TPSA) is 32.5 Å². The first kappa shape index (κ1) is 14.3. The molecule has 0 aliphatic heterocycles. The fourth-order valence-corrected chi connectivity index (χ4v) is 1.92. The average molecular weight is 256 g/mol. The van der Waals surface area contributed by atoms with Crippen LogP contribution in [0.4, 0.5) is 5.69 Å². The number of anilines is 1. The summed E-state index contributed by atoms with van der Waals surface area (Å²) in [5.41, 5.74) is 7.63. The van der Waals surface area contributed by atoms with Gasteiger partial charge in [0, 0.05) is 17.3 Å². The molecule has 0 aliphatic carbocycles. The van der Waals surface area contributed by atoms with Crippen LogP contribution in [0.25, 0.3) is 0 Å². The van der Waals surface area contributed by atoms with Crippen LogP contribution in [0.1, 0.15) is 12.0 Å². The molecule has 0 saturated carbocycles. The number of rotatable bonds is 6. The lowest BCUT2D eigenvalue weighted by Gasteiger charge is -2.19. The van der Waals surface area contributed by atoms with Crippen molar-refractivity contribution >= 4 is 17.3 Å². The lowest BCUT2D eigenvalue weighted by molar-refractivity contribution is 0.294. The predicted molar refractivity (Wildman–Crippen MR) is 75.4 cm³/mol. The van der Waals surface area contributed by atoms with Crippen LogP contribution in [-0.2, 0) is 6.54 Å². The molecular formula is C13H22ClN3. The maximum absolute atomic E-state index is 6.13. The van der Waals surface area contributed by atoms with Crippen LogP contribution in [0.2, 0.25) is 5.02 Å². The quantitative estimate of drug-likeness (QED) is 0.792. The minimum Gasteiger partial charge on any atom is -0.399 e. The third kappa shape index (κ3) is 5.39. The molecule has 0 fully saturated rings. The Labute approximate surface area is 109 Å². The van der Waals surface area contributed by atoms with Crippen LogP contribution >= 0.6 is 11.6 Å². The van der Waals surface area contributed by atoms with Crippen LogP contribution in [0, 0.1) is 0 Å². The molecule has 0 atom stereocenters. The van der Waals surface area contributed by atoms with E-state index in [1.807, 2.05) is 18.2 Å². The molecule has 0 spiro atoms. The summed E-state index contributed by atoms with van der Waals surface area (Å²) in [6.45, 7) is 3.01. The molecule has 4 heteroatoms. The molecule has 17 heavy (non-hydrogen) atoms. The van der Waals surface area contributed by atoms with E-state index >= 15 is 0 Å². The molecule has 0 aromatic heterocycles. The van der Waals surface area contributed by atoms with Crippen molar-refractivity contribution < 1.29 is 0 Å². The minimum absolute atomic E-state index is 0.770. The Morgan fingerprint density at radius 2 is 1.88 bits per heavy atom. The summed E-state index contributed by atoms with van der Waals surface area (Å²) in [7, 11) is 6.29. The van der Waals surface area contributed by atoms with Gasteiger partial charge < -0.3 is 15.5 Å². The van der Waals surface area contributed by atoms with Crippen molar-refractivity contribution in [2.75, 3.05) is 40.0 Å². The molecule has 2 N–H and O–H groups in total. The van der Waals surface area contributed by atoms with Gasteiger partial charge in [-0.05, 0) is 64.4 Å². The summed E-state index contributed by atoms with van der Waals surface area (Å²) >= 11 is 6.13. The number of hydrogen-bond acceptors (Lipinski definition) is 3. The molecule has 0 unspecified atom stereocenters. The molecule has 1 aromatic rings. The van der Waals surface area contributed by atoms with E-state index in [-0.39, 0.29) is 0 Å². The van der Waals surface area contributed by atoms with Crippen molar-refractivity contribution in [2.45, 2.75) is 13.0 Å². The fourth-order valence-electron chi connectivity index (χ4n) is 1.74. The van der Waals surface area contributed by atoms with Gasteiger partial charge in [-0.1, -0.05) is 11.6 Å². The summed E-state index contributed by atoms with van der Waals surface area (Å²) in [6, 6.07) is 5.64. The Hall–Kier alpha value is -0.770. The summed E-state index contributed by atoms with van der Waals surface area (Å²) in [5, 5.41) is 0.790. The number of benzene rings is 1. The predicted octanol–water partition coefficient (Wildman–Crippen LogP) is 2.31. The van der Waals surface area contributed by atoms with E-state index in [1.165, 1.54) is 0 Å². The summed E-state index contributed by atoms with van der Waals surface area (Å²) in [6.07, 6.45) is 1.16. The number of nitrogens with two attached hydrogens (primary N) is 1. The lowest BCUT2D eigenvalue weighted by atomic mass is 10.2. The zero-order chi connectivity index (χ0) is 12.8. The van der Waals surface area contributed by atoms with Gasteiger partial charge in [-0.15, -0.1) is 0 Å². The van der Waals surface area contributed by atoms with Gasteiger partial charge in [0.2, 0.25) is 0 Å². The number of nitrogen functional groups attached to an aromatic ring is 1. The van der Waals surface area contributed by atoms with Crippen LogP contribution in [0.5, 0.6) is 0 Å². The van der Waals surface area contributed by atoms with Crippen molar-refractivity contribution in [3.8, 4) is 0 Å². The van der Waals surface area contributed by atoms with Crippen molar-refractivity contribution in [1.82, 2.24) is 9.80 Å². The van der Waals surface area contributed by atoms with Gasteiger partial charge >= 0.3 is 0 Å². The van der Waals surface area contributed by atoms with E-state index in [0.717, 1.165) is 42.3 Å². The maximum atomic E-state index is 6.13. The van der Waals surface area contributed by atoms with Crippen LogP contribution in [-0.4, -0.2) is 44.0 Å². The Bertz CT molecular complexity index is 353. The summed E-state index contributed by atoms with van der Waals surface area (Å²) in [5.74, 6) is 0. The first-order valence-corrected chi connectivity index (χ1v) is 6.24.